The fraction of sp³-hybridized carbons (Fsp3) is 0.294. The van der Waals surface area contributed by atoms with Crippen molar-refractivity contribution < 1.29 is 27.4 Å². The number of halogens is 3. The number of ether oxygens (including phenoxy) is 2. The van der Waals surface area contributed by atoms with Crippen molar-refractivity contribution in [1.82, 2.24) is 0 Å². The second-order valence-electron chi connectivity index (χ2n) is 5.08. The first kappa shape index (κ1) is 17.9. The fourth-order valence-electron chi connectivity index (χ4n) is 2.65. The number of Topliss-reactive ketones (excluding diaryl/α,β-unsaturated/α-hetero) is 1. The fourth-order valence-corrected chi connectivity index (χ4v) is 2.65. The molecule has 24 heavy (non-hydrogen) atoms. The molecule has 1 aromatic carbocycles. The number of alkyl halides is 3. The zero-order chi connectivity index (χ0) is 18.0. The minimum Gasteiger partial charge on any atom is -0.374 e. The number of benzene rings is 1. The first-order chi connectivity index (χ1) is 11.3. The van der Waals surface area contributed by atoms with E-state index in [1.165, 1.54) is 18.2 Å². The minimum absolute atomic E-state index is 0.0541. The molecule has 0 saturated carbocycles. The number of methoxy groups -OCH3 is 2. The lowest BCUT2D eigenvalue weighted by Crippen LogP contribution is -2.58. The van der Waals surface area contributed by atoms with Crippen molar-refractivity contribution in [1.29, 1.82) is 5.26 Å². The summed E-state index contributed by atoms with van der Waals surface area (Å²) >= 11 is 0. The van der Waals surface area contributed by atoms with Gasteiger partial charge in [-0.2, -0.15) is 18.4 Å². The van der Waals surface area contributed by atoms with Gasteiger partial charge in [0.25, 0.3) is 0 Å². The van der Waals surface area contributed by atoms with Gasteiger partial charge in [0.2, 0.25) is 5.60 Å². The van der Waals surface area contributed by atoms with Crippen LogP contribution in [0.2, 0.25) is 0 Å². The Hall–Kier alpha value is -2.43. The molecule has 0 amide bonds. The molecule has 0 radical (unpaired) electrons. The van der Waals surface area contributed by atoms with Gasteiger partial charge in [-0.25, -0.2) is 0 Å². The second-order valence-corrected chi connectivity index (χ2v) is 5.08. The molecular weight excluding hydrogens is 323 g/mol. The second kappa shape index (κ2) is 6.59. The van der Waals surface area contributed by atoms with E-state index in [1.54, 1.807) is 18.2 Å². The minimum atomic E-state index is -4.90. The van der Waals surface area contributed by atoms with Gasteiger partial charge in [-0.15, -0.1) is 0 Å². The number of nitrogens with zero attached hydrogens (tertiary/aromatic N) is 1. The Morgan fingerprint density at radius 3 is 2.33 bits per heavy atom. The molecule has 2 atom stereocenters. The monoisotopic (exact) mass is 337 g/mol. The molecule has 0 N–H and O–H groups in total. The van der Waals surface area contributed by atoms with Crippen LogP contribution in [0, 0.1) is 11.3 Å². The molecule has 0 bridgehead atoms. The van der Waals surface area contributed by atoms with Gasteiger partial charge in [0.05, 0.1) is 11.6 Å². The summed E-state index contributed by atoms with van der Waals surface area (Å²) in [7, 11) is 1.91. The summed E-state index contributed by atoms with van der Waals surface area (Å²) in [6.07, 6.45) is -4.62. The molecule has 1 aliphatic rings. The van der Waals surface area contributed by atoms with Crippen LogP contribution in [0.1, 0.15) is 10.4 Å². The van der Waals surface area contributed by atoms with Crippen LogP contribution < -0.4 is 0 Å². The maximum atomic E-state index is 13.6. The highest BCUT2D eigenvalue weighted by atomic mass is 19.4. The van der Waals surface area contributed by atoms with E-state index in [4.69, 9.17) is 4.74 Å². The summed E-state index contributed by atoms with van der Waals surface area (Å²) in [5.74, 6) is -0.503. The van der Waals surface area contributed by atoms with Crippen LogP contribution in [0.5, 0.6) is 0 Å². The summed E-state index contributed by atoms with van der Waals surface area (Å²) < 4.78 is 50.4. The Morgan fingerprint density at radius 1 is 1.25 bits per heavy atom. The van der Waals surface area contributed by atoms with E-state index in [9.17, 15) is 23.2 Å². The first-order valence-corrected chi connectivity index (χ1v) is 6.90. The third-order valence-corrected chi connectivity index (χ3v) is 3.85. The molecule has 1 aromatic rings. The summed E-state index contributed by atoms with van der Waals surface area (Å²) in [6, 6.07) is 9.54. The molecule has 0 spiro atoms. The molecule has 7 heteroatoms. The van der Waals surface area contributed by atoms with Crippen LogP contribution in [0.4, 0.5) is 13.2 Å². The SMILES string of the molecule is COC1C=C(C(=O)c2ccccc2)C=C(C#N)C1(OC)C(F)(F)F. The lowest BCUT2D eigenvalue weighted by Gasteiger charge is -2.40. The third kappa shape index (κ3) is 2.75. The topological polar surface area (TPSA) is 59.3 Å². The highest BCUT2D eigenvalue weighted by molar-refractivity contribution is 6.11. The molecule has 0 heterocycles. The number of nitriles is 1. The van der Waals surface area contributed by atoms with Crippen molar-refractivity contribution in [3.63, 3.8) is 0 Å². The summed E-state index contributed by atoms with van der Waals surface area (Å²) in [5.41, 5.74) is -3.44. The number of allylic oxidation sites excluding steroid dienone is 2. The highest BCUT2D eigenvalue weighted by Crippen LogP contribution is 2.45. The standard InChI is InChI=1S/C17H14F3NO3/c1-23-14-9-12(15(22)11-6-4-3-5-7-11)8-13(10-21)16(14,24-2)17(18,19)20/h3-9,14H,1-2H3. The van der Waals surface area contributed by atoms with E-state index in [0.717, 1.165) is 26.4 Å². The summed E-state index contributed by atoms with van der Waals surface area (Å²) in [5, 5.41) is 9.21. The average Bonchev–Trinajstić information content (AvgIpc) is 2.59. The Bertz CT molecular complexity index is 732. The highest BCUT2D eigenvalue weighted by Gasteiger charge is 2.64. The van der Waals surface area contributed by atoms with Crippen molar-refractivity contribution in [2.45, 2.75) is 17.9 Å². The number of carbonyl (C=O) groups is 1. The molecule has 2 unspecified atom stereocenters. The van der Waals surface area contributed by atoms with Crippen LogP contribution in [0.25, 0.3) is 0 Å². The number of carbonyl (C=O) groups excluding carboxylic acids is 1. The molecule has 1 aliphatic carbocycles. The van der Waals surface area contributed by atoms with Crippen molar-refractivity contribution in [3.05, 3.63) is 59.2 Å². The van der Waals surface area contributed by atoms with E-state index in [2.05, 4.69) is 4.74 Å². The van der Waals surface area contributed by atoms with Crippen LogP contribution in [0.3, 0.4) is 0 Å². The summed E-state index contributed by atoms with van der Waals surface area (Å²) in [6.45, 7) is 0. The molecule has 0 aliphatic heterocycles. The van der Waals surface area contributed by atoms with Gasteiger partial charge >= 0.3 is 6.18 Å². The van der Waals surface area contributed by atoms with E-state index >= 15 is 0 Å². The van der Waals surface area contributed by atoms with Gasteiger partial charge in [0, 0.05) is 25.4 Å². The van der Waals surface area contributed by atoms with E-state index in [-0.39, 0.29) is 5.57 Å². The molecule has 4 nitrogen and oxygen atoms in total. The van der Waals surface area contributed by atoms with Crippen LogP contribution in [-0.2, 0) is 9.47 Å². The van der Waals surface area contributed by atoms with Crippen molar-refractivity contribution in [2.75, 3.05) is 14.2 Å². The maximum absolute atomic E-state index is 13.6. The van der Waals surface area contributed by atoms with Gasteiger partial charge in [0.15, 0.2) is 5.78 Å². The number of hydrogen-bond donors (Lipinski definition) is 0. The molecular formula is C17H14F3NO3. The van der Waals surface area contributed by atoms with Crippen molar-refractivity contribution in [3.8, 4) is 6.07 Å². The molecule has 0 fully saturated rings. The first-order valence-electron chi connectivity index (χ1n) is 6.90. The van der Waals surface area contributed by atoms with Crippen molar-refractivity contribution in [2.24, 2.45) is 0 Å². The Kier molecular flexibility index (Phi) is 4.92. The van der Waals surface area contributed by atoms with Crippen molar-refractivity contribution >= 4 is 5.78 Å². The van der Waals surface area contributed by atoms with Gasteiger partial charge < -0.3 is 9.47 Å². The van der Waals surface area contributed by atoms with Crippen LogP contribution in [0.15, 0.2) is 53.6 Å². The zero-order valence-corrected chi connectivity index (χ0v) is 12.9. The largest absolute Gasteiger partial charge is 0.425 e. The van der Waals surface area contributed by atoms with Gasteiger partial charge in [-0.1, -0.05) is 30.3 Å². The third-order valence-electron chi connectivity index (χ3n) is 3.85. The van der Waals surface area contributed by atoms with Gasteiger partial charge in [-0.3, -0.25) is 4.79 Å². The van der Waals surface area contributed by atoms with Gasteiger partial charge in [-0.05, 0) is 12.2 Å². The Morgan fingerprint density at radius 2 is 1.88 bits per heavy atom. The molecule has 0 saturated heterocycles. The lowest BCUT2D eigenvalue weighted by molar-refractivity contribution is -0.278. The molecule has 0 aromatic heterocycles. The summed E-state index contributed by atoms with van der Waals surface area (Å²) in [4.78, 5) is 12.5. The van der Waals surface area contributed by atoms with E-state index in [1.807, 2.05) is 0 Å². The molecule has 126 valence electrons. The van der Waals surface area contributed by atoms with E-state index in [0.29, 0.717) is 5.56 Å². The lowest BCUT2D eigenvalue weighted by atomic mass is 9.80. The maximum Gasteiger partial charge on any atom is 0.425 e. The Labute approximate surface area is 136 Å². The average molecular weight is 337 g/mol. The quantitative estimate of drug-likeness (QED) is 0.792. The van der Waals surface area contributed by atoms with E-state index < -0.39 is 29.2 Å². The predicted molar refractivity (Wildman–Crippen MR) is 79.1 cm³/mol. The normalized spacial score (nSPS) is 23.9. The van der Waals surface area contributed by atoms with Crippen LogP contribution >= 0.6 is 0 Å². The molecule has 2 rings (SSSR count). The van der Waals surface area contributed by atoms with Crippen LogP contribution in [-0.4, -0.2) is 37.9 Å². The number of hydrogen-bond acceptors (Lipinski definition) is 4. The zero-order valence-electron chi connectivity index (χ0n) is 12.9. The van der Waals surface area contributed by atoms with Gasteiger partial charge in [0.1, 0.15) is 6.10 Å². The smallest absolute Gasteiger partial charge is 0.374 e. The number of ketones is 1. The number of rotatable bonds is 4. The Balaban J connectivity index is 2.57. The predicted octanol–water partition coefficient (Wildman–Crippen LogP) is 3.22.